The van der Waals surface area contributed by atoms with Crippen LogP contribution in [0, 0.1) is 0 Å². The fourth-order valence-corrected chi connectivity index (χ4v) is 2.01. The first kappa shape index (κ1) is 14.3. The topological polar surface area (TPSA) is 62.1 Å². The zero-order valence-corrected chi connectivity index (χ0v) is 11.2. The lowest BCUT2D eigenvalue weighted by molar-refractivity contribution is -0.133. The van der Waals surface area contributed by atoms with Gasteiger partial charge in [0.2, 0.25) is 0 Å². The van der Waals surface area contributed by atoms with Gasteiger partial charge in [0, 0.05) is 25.2 Å². The lowest BCUT2D eigenvalue weighted by Gasteiger charge is -2.24. The molecule has 5 heteroatoms. The average molecular weight is 274 g/mol. The lowest BCUT2D eigenvalue weighted by atomic mass is 10.1. The zero-order chi connectivity index (χ0) is 14.2. The predicted molar refractivity (Wildman–Crippen MR) is 76.8 cm³/mol. The van der Waals surface area contributed by atoms with E-state index in [9.17, 15) is 4.79 Å². The van der Waals surface area contributed by atoms with E-state index in [1.807, 2.05) is 30.3 Å². The molecule has 0 radical (unpaired) electrons. The maximum absolute atomic E-state index is 10.9. The van der Waals surface area contributed by atoms with Crippen molar-refractivity contribution in [2.75, 3.05) is 26.2 Å². The van der Waals surface area contributed by atoms with Crippen LogP contribution in [-0.2, 0) is 9.63 Å². The van der Waals surface area contributed by atoms with E-state index in [-0.39, 0.29) is 0 Å². The lowest BCUT2D eigenvalue weighted by Crippen LogP contribution is -2.34. The molecule has 1 heterocycles. The van der Waals surface area contributed by atoms with Crippen LogP contribution in [0.5, 0.6) is 0 Å². The van der Waals surface area contributed by atoms with Crippen LogP contribution < -0.4 is 0 Å². The summed E-state index contributed by atoms with van der Waals surface area (Å²) in [6.07, 6.45) is 4.22. The van der Waals surface area contributed by atoms with Crippen LogP contribution in [0.25, 0.3) is 0 Å². The van der Waals surface area contributed by atoms with Gasteiger partial charge in [-0.25, -0.2) is 4.79 Å². The molecule has 0 aliphatic carbocycles. The molecule has 2 rings (SSSR count). The van der Waals surface area contributed by atoms with Crippen LogP contribution in [0.15, 0.2) is 47.1 Å². The molecule has 1 aromatic carbocycles. The van der Waals surface area contributed by atoms with Gasteiger partial charge in [0.1, 0.15) is 6.61 Å². The summed E-state index contributed by atoms with van der Waals surface area (Å²) in [5.41, 5.74) is 1.45. The molecule has 5 nitrogen and oxygen atoms in total. The van der Waals surface area contributed by atoms with Gasteiger partial charge in [-0.3, -0.25) is 4.90 Å². The third-order valence-corrected chi connectivity index (χ3v) is 3.08. The Morgan fingerprint density at radius 3 is 2.95 bits per heavy atom. The number of carboxylic acids is 1. The average Bonchev–Trinajstić information content (AvgIpc) is 2.48. The molecule has 1 aliphatic heterocycles. The number of hydrogen-bond acceptors (Lipinski definition) is 4. The van der Waals surface area contributed by atoms with Crippen LogP contribution in [0.1, 0.15) is 12.0 Å². The van der Waals surface area contributed by atoms with Crippen molar-refractivity contribution in [2.45, 2.75) is 6.42 Å². The molecule has 0 unspecified atom stereocenters. The SMILES string of the molecule is O=C(O)C1=CCCN(CCO/N=C/c2ccccc2)C1. The molecule has 0 saturated carbocycles. The van der Waals surface area contributed by atoms with Crippen LogP contribution in [-0.4, -0.2) is 48.4 Å². The maximum Gasteiger partial charge on any atom is 0.332 e. The van der Waals surface area contributed by atoms with Gasteiger partial charge in [-0.1, -0.05) is 41.6 Å². The van der Waals surface area contributed by atoms with E-state index in [4.69, 9.17) is 9.94 Å². The van der Waals surface area contributed by atoms with Gasteiger partial charge < -0.3 is 9.94 Å². The van der Waals surface area contributed by atoms with Crippen molar-refractivity contribution >= 4 is 12.2 Å². The second kappa shape index (κ2) is 7.45. The van der Waals surface area contributed by atoms with Crippen molar-refractivity contribution in [2.24, 2.45) is 5.16 Å². The quantitative estimate of drug-likeness (QED) is 0.488. The van der Waals surface area contributed by atoms with Crippen LogP contribution in [0.4, 0.5) is 0 Å². The van der Waals surface area contributed by atoms with Crippen molar-refractivity contribution in [1.29, 1.82) is 0 Å². The van der Waals surface area contributed by atoms with E-state index >= 15 is 0 Å². The number of carbonyl (C=O) groups is 1. The third kappa shape index (κ3) is 4.51. The number of oxime groups is 1. The van der Waals surface area contributed by atoms with E-state index in [2.05, 4.69) is 10.1 Å². The number of aliphatic carboxylic acids is 1. The molecule has 1 N–H and O–H groups in total. The Bertz CT molecular complexity index is 497. The van der Waals surface area contributed by atoms with E-state index < -0.39 is 5.97 Å². The first-order chi connectivity index (χ1) is 9.75. The molecule has 0 aromatic heterocycles. The third-order valence-electron chi connectivity index (χ3n) is 3.08. The Kier molecular flexibility index (Phi) is 5.32. The summed E-state index contributed by atoms with van der Waals surface area (Å²) in [6, 6.07) is 9.72. The second-order valence-electron chi connectivity index (χ2n) is 4.58. The van der Waals surface area contributed by atoms with Gasteiger partial charge in [-0.2, -0.15) is 0 Å². The molecule has 0 bridgehead atoms. The number of benzene rings is 1. The summed E-state index contributed by atoms with van der Waals surface area (Å²) in [6.45, 7) is 2.47. The summed E-state index contributed by atoms with van der Waals surface area (Å²) in [5, 5.41) is 12.8. The fourth-order valence-electron chi connectivity index (χ4n) is 2.01. The summed E-state index contributed by atoms with van der Waals surface area (Å²) in [4.78, 5) is 18.1. The summed E-state index contributed by atoms with van der Waals surface area (Å²) < 4.78 is 0. The highest BCUT2D eigenvalue weighted by Crippen LogP contribution is 2.09. The van der Waals surface area contributed by atoms with Crippen LogP contribution in [0.2, 0.25) is 0 Å². The van der Waals surface area contributed by atoms with E-state index in [0.29, 0.717) is 25.3 Å². The van der Waals surface area contributed by atoms with Gasteiger partial charge in [0.05, 0.1) is 6.21 Å². The zero-order valence-electron chi connectivity index (χ0n) is 11.2. The predicted octanol–water partition coefficient (Wildman–Crippen LogP) is 1.75. The first-order valence-electron chi connectivity index (χ1n) is 6.61. The summed E-state index contributed by atoms with van der Waals surface area (Å²) in [7, 11) is 0. The second-order valence-corrected chi connectivity index (χ2v) is 4.58. The minimum atomic E-state index is -0.835. The number of carboxylic acid groups (broad SMARTS) is 1. The minimum absolute atomic E-state index is 0.455. The van der Waals surface area contributed by atoms with Crippen molar-refractivity contribution in [3.8, 4) is 0 Å². The van der Waals surface area contributed by atoms with E-state index in [1.165, 1.54) is 0 Å². The molecular weight excluding hydrogens is 256 g/mol. The Morgan fingerprint density at radius 2 is 2.20 bits per heavy atom. The molecule has 0 spiro atoms. The first-order valence-corrected chi connectivity index (χ1v) is 6.61. The van der Waals surface area contributed by atoms with Crippen molar-refractivity contribution in [3.63, 3.8) is 0 Å². The van der Waals surface area contributed by atoms with Crippen LogP contribution in [0.3, 0.4) is 0 Å². The van der Waals surface area contributed by atoms with Gasteiger partial charge in [-0.15, -0.1) is 0 Å². The molecule has 0 fully saturated rings. The molecule has 0 atom stereocenters. The molecule has 20 heavy (non-hydrogen) atoms. The summed E-state index contributed by atoms with van der Waals surface area (Å²) >= 11 is 0. The molecule has 0 amide bonds. The Morgan fingerprint density at radius 1 is 1.40 bits per heavy atom. The van der Waals surface area contributed by atoms with Crippen LogP contribution >= 0.6 is 0 Å². The monoisotopic (exact) mass is 274 g/mol. The highest BCUT2D eigenvalue weighted by atomic mass is 16.6. The molecule has 1 aromatic rings. The van der Waals surface area contributed by atoms with E-state index in [0.717, 1.165) is 18.5 Å². The Labute approximate surface area is 118 Å². The van der Waals surface area contributed by atoms with Crippen molar-refractivity contribution in [1.82, 2.24) is 4.90 Å². The van der Waals surface area contributed by atoms with Gasteiger partial charge in [-0.05, 0) is 12.0 Å². The smallest absolute Gasteiger partial charge is 0.332 e. The number of hydrogen-bond donors (Lipinski definition) is 1. The van der Waals surface area contributed by atoms with Crippen molar-refractivity contribution in [3.05, 3.63) is 47.5 Å². The molecule has 106 valence electrons. The Hall–Kier alpha value is -2.14. The fraction of sp³-hybridized carbons (Fsp3) is 0.333. The highest BCUT2D eigenvalue weighted by molar-refractivity contribution is 5.87. The van der Waals surface area contributed by atoms with Crippen molar-refractivity contribution < 1.29 is 14.7 Å². The normalized spacial score (nSPS) is 16.1. The number of nitrogens with zero attached hydrogens (tertiary/aromatic N) is 2. The van der Waals surface area contributed by atoms with Gasteiger partial charge in [0.15, 0.2) is 0 Å². The standard InChI is InChI=1S/C15H18N2O3/c18-15(19)14-7-4-8-17(12-14)9-10-20-16-11-13-5-2-1-3-6-13/h1-3,5-7,11H,4,8-10,12H2,(H,18,19)/b16-11+. The van der Waals surface area contributed by atoms with Gasteiger partial charge >= 0.3 is 5.97 Å². The highest BCUT2D eigenvalue weighted by Gasteiger charge is 2.16. The Balaban J connectivity index is 1.68. The maximum atomic E-state index is 10.9. The molecule has 0 saturated heterocycles. The minimum Gasteiger partial charge on any atom is -0.478 e. The molecular formula is C15H18N2O3. The van der Waals surface area contributed by atoms with E-state index in [1.54, 1.807) is 12.3 Å². The largest absolute Gasteiger partial charge is 0.478 e. The summed E-state index contributed by atoms with van der Waals surface area (Å²) in [5.74, 6) is -0.835. The molecule has 1 aliphatic rings. The van der Waals surface area contributed by atoms with Gasteiger partial charge in [0.25, 0.3) is 0 Å². The number of rotatable bonds is 6.